The van der Waals surface area contributed by atoms with Gasteiger partial charge < -0.3 is 19.5 Å². The molecule has 2 aromatic carbocycles. The van der Waals surface area contributed by atoms with E-state index in [0.29, 0.717) is 16.3 Å². The Balaban J connectivity index is 1.86. The predicted octanol–water partition coefficient (Wildman–Crippen LogP) is 5.77. The minimum atomic E-state index is -4.99. The van der Waals surface area contributed by atoms with Crippen molar-refractivity contribution in [3.63, 3.8) is 0 Å². The summed E-state index contributed by atoms with van der Waals surface area (Å²) >= 11 is 5.95. The van der Waals surface area contributed by atoms with Crippen molar-refractivity contribution in [2.45, 2.75) is 43.9 Å². The fraction of sp³-hybridized carbons (Fsp3) is 0.480. The van der Waals surface area contributed by atoms with Gasteiger partial charge in [-0.25, -0.2) is 4.99 Å². The first-order valence-electron chi connectivity index (χ1n) is 11.0. The number of aliphatic imine (C=N–C) groups is 1. The number of alkyl halides is 3. The number of hydrogen-bond acceptors (Lipinski definition) is 4. The number of rotatable bonds is 10. The maximum atomic E-state index is 14.2. The highest BCUT2D eigenvalue weighted by atomic mass is 35.5. The smallest absolute Gasteiger partial charge is 0.423 e. The lowest BCUT2D eigenvalue weighted by Crippen LogP contribution is -2.47. The molecule has 9 heteroatoms. The van der Waals surface area contributed by atoms with E-state index in [1.54, 1.807) is 25.4 Å². The number of hydrogen-bond donors (Lipinski definition) is 1. The number of aryl methyl sites for hydroxylation is 1. The number of aliphatic hydroxyl groups is 1. The molecule has 0 aliphatic heterocycles. The minimum Gasteiger partial charge on any atom is -0.496 e. The number of ether oxygens (including phenoxy) is 2. The minimum absolute atomic E-state index is 0.0556. The summed E-state index contributed by atoms with van der Waals surface area (Å²) in [6.45, 7) is 3.41. The van der Waals surface area contributed by atoms with Gasteiger partial charge >= 0.3 is 6.18 Å². The molecule has 186 valence electrons. The Morgan fingerprint density at radius 2 is 1.85 bits per heavy atom. The average molecular weight is 499 g/mol. The highest BCUT2D eigenvalue weighted by molar-refractivity contribution is 6.30. The second kappa shape index (κ2) is 10.1. The average Bonchev–Trinajstić information content (AvgIpc) is 3.58. The second-order valence-corrected chi connectivity index (χ2v) is 9.23. The molecule has 0 saturated heterocycles. The van der Waals surface area contributed by atoms with Crippen LogP contribution < -0.4 is 4.74 Å². The molecule has 5 nitrogen and oxygen atoms in total. The molecule has 1 unspecified atom stereocenters. The molecular formula is C25H30ClF3N2O3. The SMILES string of the molecule is CCN(C)/C=N/c1cc(OC)c(C(O)(COCC2(c3ccc(Cl)cc3)CC2)C(F)(F)F)cc1C. The van der Waals surface area contributed by atoms with E-state index in [1.807, 2.05) is 31.0 Å². The Morgan fingerprint density at radius 3 is 2.38 bits per heavy atom. The summed E-state index contributed by atoms with van der Waals surface area (Å²) < 4.78 is 53.4. The monoisotopic (exact) mass is 498 g/mol. The zero-order valence-electron chi connectivity index (χ0n) is 19.7. The van der Waals surface area contributed by atoms with Gasteiger partial charge in [0.05, 0.1) is 32.3 Å². The van der Waals surface area contributed by atoms with Gasteiger partial charge in [0.1, 0.15) is 5.75 Å². The molecule has 1 atom stereocenters. The Bertz CT molecular complexity index is 1020. The van der Waals surface area contributed by atoms with Crippen LogP contribution in [-0.2, 0) is 15.8 Å². The van der Waals surface area contributed by atoms with Gasteiger partial charge in [0.2, 0.25) is 5.60 Å². The van der Waals surface area contributed by atoms with Crippen LogP contribution in [0.5, 0.6) is 5.75 Å². The van der Waals surface area contributed by atoms with Gasteiger partial charge in [-0.05, 0) is 56.0 Å². The molecule has 0 spiro atoms. The summed E-state index contributed by atoms with van der Waals surface area (Å²) in [4.78, 5) is 6.16. The van der Waals surface area contributed by atoms with E-state index in [2.05, 4.69) is 4.99 Å². The molecular weight excluding hydrogens is 469 g/mol. The summed E-state index contributed by atoms with van der Waals surface area (Å²) in [5.74, 6) is -0.112. The van der Waals surface area contributed by atoms with E-state index in [1.165, 1.54) is 19.2 Å². The maximum absolute atomic E-state index is 14.2. The van der Waals surface area contributed by atoms with Crippen molar-refractivity contribution in [3.05, 3.63) is 58.1 Å². The van der Waals surface area contributed by atoms with E-state index in [-0.39, 0.29) is 17.8 Å². The van der Waals surface area contributed by atoms with Gasteiger partial charge in [-0.3, -0.25) is 0 Å². The third-order valence-electron chi connectivity index (χ3n) is 6.32. The normalized spacial score (nSPS) is 17.0. The molecule has 1 fully saturated rings. The van der Waals surface area contributed by atoms with Crippen molar-refractivity contribution >= 4 is 23.6 Å². The fourth-order valence-electron chi connectivity index (χ4n) is 3.73. The van der Waals surface area contributed by atoms with E-state index in [9.17, 15) is 18.3 Å². The molecule has 34 heavy (non-hydrogen) atoms. The van der Waals surface area contributed by atoms with Gasteiger partial charge in [-0.2, -0.15) is 13.2 Å². The van der Waals surface area contributed by atoms with Gasteiger partial charge in [0.15, 0.2) is 0 Å². The van der Waals surface area contributed by atoms with Gasteiger partial charge in [0.25, 0.3) is 0 Å². The van der Waals surface area contributed by atoms with Crippen molar-refractivity contribution < 1.29 is 27.8 Å². The standard InChI is InChI=1S/C25H30ClF3N2O3/c1-5-31(3)16-30-21-13-22(33-4)20(12-17(21)2)24(32,25(27,28)29)15-34-14-23(10-11-23)18-6-8-19(26)9-7-18/h6-9,12-13,16,32H,5,10-11,14-15H2,1-4H3/b30-16+. The van der Waals surface area contributed by atoms with Crippen LogP contribution in [0.1, 0.15) is 36.5 Å². The first-order valence-corrected chi connectivity index (χ1v) is 11.4. The molecule has 0 radical (unpaired) electrons. The summed E-state index contributed by atoms with van der Waals surface area (Å²) in [6, 6.07) is 9.88. The van der Waals surface area contributed by atoms with Crippen molar-refractivity contribution in [2.75, 3.05) is 33.9 Å². The summed E-state index contributed by atoms with van der Waals surface area (Å²) in [5.41, 5.74) is -2.13. The zero-order valence-corrected chi connectivity index (χ0v) is 20.5. The summed E-state index contributed by atoms with van der Waals surface area (Å²) in [7, 11) is 3.10. The van der Waals surface area contributed by atoms with E-state index < -0.39 is 23.9 Å². The Hall–Kier alpha value is -2.29. The van der Waals surface area contributed by atoms with Crippen LogP contribution >= 0.6 is 11.6 Å². The molecule has 0 heterocycles. The molecule has 0 aromatic heterocycles. The summed E-state index contributed by atoms with van der Waals surface area (Å²) in [5, 5.41) is 11.5. The van der Waals surface area contributed by atoms with E-state index in [0.717, 1.165) is 24.9 Å². The Labute approximate surface area is 203 Å². The zero-order chi connectivity index (χ0) is 25.1. The topological polar surface area (TPSA) is 54.3 Å². The molecule has 0 amide bonds. The van der Waals surface area contributed by atoms with Crippen molar-refractivity contribution in [3.8, 4) is 5.75 Å². The molecule has 1 aliphatic carbocycles. The highest BCUT2D eigenvalue weighted by Gasteiger charge is 2.57. The van der Waals surface area contributed by atoms with Crippen LogP contribution in [0.4, 0.5) is 18.9 Å². The van der Waals surface area contributed by atoms with Crippen molar-refractivity contribution in [1.82, 2.24) is 4.90 Å². The molecule has 1 saturated carbocycles. The van der Waals surface area contributed by atoms with Crippen molar-refractivity contribution in [1.29, 1.82) is 0 Å². The van der Waals surface area contributed by atoms with Gasteiger partial charge in [-0.15, -0.1) is 0 Å². The van der Waals surface area contributed by atoms with Crippen LogP contribution in [0.2, 0.25) is 5.02 Å². The molecule has 3 rings (SSSR count). The predicted molar refractivity (Wildman–Crippen MR) is 127 cm³/mol. The quantitative estimate of drug-likeness (QED) is 0.334. The first kappa shape index (κ1) is 26.3. The second-order valence-electron chi connectivity index (χ2n) is 8.79. The number of benzene rings is 2. The van der Waals surface area contributed by atoms with Crippen LogP contribution in [0, 0.1) is 6.92 Å². The van der Waals surface area contributed by atoms with E-state index in [4.69, 9.17) is 21.1 Å². The Morgan fingerprint density at radius 1 is 1.21 bits per heavy atom. The third-order valence-corrected chi connectivity index (χ3v) is 6.58. The molecule has 1 N–H and O–H groups in total. The number of nitrogens with zero attached hydrogens (tertiary/aromatic N) is 2. The van der Waals surface area contributed by atoms with Gasteiger partial charge in [0, 0.05) is 35.7 Å². The van der Waals surface area contributed by atoms with Crippen LogP contribution in [-0.4, -0.2) is 56.4 Å². The lowest BCUT2D eigenvalue weighted by Gasteiger charge is -2.33. The van der Waals surface area contributed by atoms with Crippen LogP contribution in [0.3, 0.4) is 0 Å². The Kier molecular flexibility index (Phi) is 7.85. The van der Waals surface area contributed by atoms with Crippen molar-refractivity contribution in [2.24, 2.45) is 4.99 Å². The fourth-order valence-corrected chi connectivity index (χ4v) is 3.85. The third kappa shape index (κ3) is 5.50. The van der Waals surface area contributed by atoms with E-state index >= 15 is 0 Å². The van der Waals surface area contributed by atoms with Gasteiger partial charge in [-0.1, -0.05) is 23.7 Å². The maximum Gasteiger partial charge on any atom is 0.423 e. The molecule has 2 aromatic rings. The number of halogens is 4. The van der Waals surface area contributed by atoms with Crippen LogP contribution in [0.25, 0.3) is 0 Å². The highest BCUT2D eigenvalue weighted by Crippen LogP contribution is 2.50. The largest absolute Gasteiger partial charge is 0.496 e. The lowest BCUT2D eigenvalue weighted by molar-refractivity contribution is -0.282. The molecule has 1 aliphatic rings. The lowest BCUT2D eigenvalue weighted by atomic mass is 9.90. The van der Waals surface area contributed by atoms with Crippen LogP contribution in [0.15, 0.2) is 41.4 Å². The summed E-state index contributed by atoms with van der Waals surface area (Å²) in [6.07, 6.45) is -1.82. The molecule has 0 bridgehead atoms. The first-order chi connectivity index (χ1) is 16.0. The number of methoxy groups -OCH3 is 1.